The van der Waals surface area contributed by atoms with Gasteiger partial charge in [-0.15, -0.1) is 11.3 Å². The quantitative estimate of drug-likeness (QED) is 0.262. The summed E-state index contributed by atoms with van der Waals surface area (Å²) in [6.45, 7) is 8.85. The average molecular weight is 610 g/mol. The Morgan fingerprint density at radius 1 is 1.12 bits per heavy atom. The Balaban J connectivity index is 1.56. The summed E-state index contributed by atoms with van der Waals surface area (Å²) in [5.74, 6) is -1.17. The summed E-state index contributed by atoms with van der Waals surface area (Å²) in [5.41, 5.74) is 0.924. The van der Waals surface area contributed by atoms with E-state index in [4.69, 9.17) is 4.98 Å². The van der Waals surface area contributed by atoms with Crippen LogP contribution in [0.25, 0.3) is 11.7 Å². The van der Waals surface area contributed by atoms with E-state index < -0.39 is 11.5 Å². The minimum atomic E-state index is -1.19. The lowest BCUT2D eigenvalue weighted by Gasteiger charge is -2.36. The maximum Gasteiger partial charge on any atom is 0.328 e. The van der Waals surface area contributed by atoms with Crippen molar-refractivity contribution in [2.75, 3.05) is 57.0 Å². The Hall–Kier alpha value is -4.10. The standard InChI is InChI=1S/C30H39N7O5S/c1-30(2,3)22-19-43-29(31-22)33-27(41)20-11-13-37-23(18-20)32-26(21(28(37)42)9-10-25(39)40)36-16-14-35(15-17-36)24(38)8-6-7-12-34(4)5/h9-11,13,18-19H,6-8,12,14-17H2,1-5H3,(H,39,40)(H,31,33,41)/b10-9+. The van der Waals surface area contributed by atoms with Crippen molar-refractivity contribution in [3.8, 4) is 0 Å². The van der Waals surface area contributed by atoms with Gasteiger partial charge in [0.05, 0.1) is 11.3 Å². The smallest absolute Gasteiger partial charge is 0.328 e. The first-order valence-electron chi connectivity index (χ1n) is 14.3. The molecule has 0 aliphatic carbocycles. The highest BCUT2D eigenvalue weighted by atomic mass is 32.1. The number of hydrogen-bond donors (Lipinski definition) is 2. The first-order valence-corrected chi connectivity index (χ1v) is 15.1. The van der Waals surface area contributed by atoms with Gasteiger partial charge in [0.15, 0.2) is 5.13 Å². The Morgan fingerprint density at radius 2 is 1.84 bits per heavy atom. The second-order valence-electron chi connectivity index (χ2n) is 11.8. The number of piperazine rings is 1. The van der Waals surface area contributed by atoms with Crippen LogP contribution in [0, 0.1) is 0 Å². The highest BCUT2D eigenvalue weighted by Gasteiger charge is 2.25. The molecule has 3 aromatic heterocycles. The van der Waals surface area contributed by atoms with Crippen LogP contribution in [0.1, 0.15) is 61.6 Å². The summed E-state index contributed by atoms with van der Waals surface area (Å²) in [5, 5.41) is 14.4. The number of nitrogens with one attached hydrogen (secondary N) is 1. The largest absolute Gasteiger partial charge is 0.478 e. The Kier molecular flexibility index (Phi) is 9.97. The van der Waals surface area contributed by atoms with Gasteiger partial charge in [0.2, 0.25) is 5.91 Å². The van der Waals surface area contributed by atoms with E-state index in [0.29, 0.717) is 49.1 Å². The number of carboxylic acids is 1. The Labute approximate surface area is 254 Å². The molecule has 1 aliphatic heterocycles. The lowest BCUT2D eigenvalue weighted by Crippen LogP contribution is -2.49. The van der Waals surface area contributed by atoms with Crippen molar-refractivity contribution in [3.05, 3.63) is 57.0 Å². The number of carbonyl (C=O) groups is 3. The molecule has 0 unspecified atom stereocenters. The third-order valence-electron chi connectivity index (χ3n) is 7.17. The Bertz CT molecular complexity index is 1580. The van der Waals surface area contributed by atoms with E-state index in [1.807, 2.05) is 50.0 Å². The van der Waals surface area contributed by atoms with Crippen LogP contribution >= 0.6 is 11.3 Å². The van der Waals surface area contributed by atoms with E-state index in [0.717, 1.165) is 31.2 Å². The van der Waals surface area contributed by atoms with Crippen LogP contribution in [0.3, 0.4) is 0 Å². The molecule has 0 saturated carbocycles. The number of aliphatic carboxylic acids is 1. The number of fused-ring (bicyclic) bond motifs is 1. The molecule has 0 bridgehead atoms. The molecule has 2 amide bonds. The van der Waals surface area contributed by atoms with Crippen molar-refractivity contribution in [2.45, 2.75) is 45.4 Å². The molecule has 230 valence electrons. The van der Waals surface area contributed by atoms with E-state index >= 15 is 0 Å². The molecule has 3 aromatic rings. The topological polar surface area (TPSA) is 140 Å². The van der Waals surface area contributed by atoms with Crippen molar-refractivity contribution in [2.24, 2.45) is 0 Å². The number of aromatic nitrogens is 3. The molecule has 0 spiro atoms. The van der Waals surface area contributed by atoms with Crippen LogP contribution in [0.4, 0.5) is 10.9 Å². The molecule has 13 heteroatoms. The maximum atomic E-state index is 13.5. The van der Waals surface area contributed by atoms with Gasteiger partial charge >= 0.3 is 5.97 Å². The summed E-state index contributed by atoms with van der Waals surface area (Å²) in [6.07, 6.45) is 5.86. The van der Waals surface area contributed by atoms with Crippen LogP contribution in [0.15, 0.2) is 34.6 Å². The molecular weight excluding hydrogens is 570 g/mol. The van der Waals surface area contributed by atoms with E-state index in [1.54, 1.807) is 0 Å². The number of carbonyl (C=O) groups excluding carboxylic acids is 2. The summed E-state index contributed by atoms with van der Waals surface area (Å²) in [6, 6.07) is 3.04. The number of nitrogens with zero attached hydrogens (tertiary/aromatic N) is 6. The monoisotopic (exact) mass is 609 g/mol. The van der Waals surface area contributed by atoms with Gasteiger partial charge in [-0.25, -0.2) is 14.8 Å². The molecule has 4 rings (SSSR count). The molecule has 12 nitrogen and oxygen atoms in total. The lowest BCUT2D eigenvalue weighted by molar-refractivity contribution is -0.132. The summed E-state index contributed by atoms with van der Waals surface area (Å²) in [4.78, 5) is 65.7. The second-order valence-corrected chi connectivity index (χ2v) is 12.7. The van der Waals surface area contributed by atoms with Crippen molar-refractivity contribution in [3.63, 3.8) is 0 Å². The van der Waals surface area contributed by atoms with Crippen molar-refractivity contribution in [1.82, 2.24) is 24.2 Å². The number of unbranched alkanes of at least 4 members (excludes halogenated alkanes) is 1. The van der Waals surface area contributed by atoms with Gasteiger partial charge in [-0.1, -0.05) is 20.8 Å². The summed E-state index contributed by atoms with van der Waals surface area (Å²) >= 11 is 1.34. The van der Waals surface area contributed by atoms with Gasteiger partial charge in [-0.3, -0.25) is 24.1 Å². The third kappa shape index (κ3) is 8.05. The number of thiazole rings is 1. The molecule has 0 radical (unpaired) electrons. The molecule has 0 atom stereocenters. The molecule has 43 heavy (non-hydrogen) atoms. The molecule has 4 heterocycles. The fourth-order valence-electron chi connectivity index (χ4n) is 4.70. The zero-order chi connectivity index (χ0) is 31.3. The third-order valence-corrected chi connectivity index (χ3v) is 7.93. The molecule has 1 aliphatic rings. The zero-order valence-electron chi connectivity index (χ0n) is 25.3. The SMILES string of the molecule is CN(C)CCCCC(=O)N1CCN(c2nc3cc(C(=O)Nc4nc(C(C)(C)C)cs4)ccn3c(=O)c2/C=C/C(=O)O)CC1. The molecule has 1 fully saturated rings. The van der Waals surface area contributed by atoms with Crippen LogP contribution in [0.5, 0.6) is 0 Å². The van der Waals surface area contributed by atoms with Crippen molar-refractivity contribution < 1.29 is 19.5 Å². The number of rotatable bonds is 10. The molecule has 1 saturated heterocycles. The number of carboxylic acid groups (broad SMARTS) is 1. The van der Waals surface area contributed by atoms with Gasteiger partial charge < -0.3 is 19.8 Å². The lowest BCUT2D eigenvalue weighted by atomic mass is 9.93. The summed E-state index contributed by atoms with van der Waals surface area (Å²) < 4.78 is 1.29. The number of amides is 2. The highest BCUT2D eigenvalue weighted by Crippen LogP contribution is 2.27. The fourth-order valence-corrected chi connectivity index (χ4v) is 5.63. The number of hydrogen-bond acceptors (Lipinski definition) is 9. The van der Waals surface area contributed by atoms with Crippen LogP contribution in [0.2, 0.25) is 0 Å². The van der Waals surface area contributed by atoms with E-state index in [9.17, 15) is 24.3 Å². The van der Waals surface area contributed by atoms with Crippen LogP contribution in [-0.4, -0.2) is 93.9 Å². The first-order chi connectivity index (χ1) is 20.3. The maximum absolute atomic E-state index is 13.5. The summed E-state index contributed by atoms with van der Waals surface area (Å²) in [7, 11) is 4.02. The average Bonchev–Trinajstić information content (AvgIpc) is 3.43. The van der Waals surface area contributed by atoms with Gasteiger partial charge in [0, 0.05) is 61.2 Å². The predicted octanol–water partition coefficient (Wildman–Crippen LogP) is 3.18. The molecular formula is C30H39N7O5S. The zero-order valence-corrected chi connectivity index (χ0v) is 26.1. The van der Waals surface area contributed by atoms with Gasteiger partial charge in [0.25, 0.3) is 11.5 Å². The normalized spacial score (nSPS) is 14.2. The fraction of sp³-hybridized carbons (Fsp3) is 0.467. The Morgan fingerprint density at radius 3 is 2.47 bits per heavy atom. The molecule has 0 aromatic carbocycles. The number of pyridine rings is 1. The predicted molar refractivity (Wildman–Crippen MR) is 168 cm³/mol. The van der Waals surface area contributed by atoms with Gasteiger partial charge in [-0.2, -0.15) is 0 Å². The van der Waals surface area contributed by atoms with Crippen LogP contribution < -0.4 is 15.8 Å². The van der Waals surface area contributed by atoms with Gasteiger partial charge in [0.1, 0.15) is 11.5 Å². The van der Waals surface area contributed by atoms with Crippen molar-refractivity contribution >= 4 is 51.8 Å². The van der Waals surface area contributed by atoms with E-state index in [2.05, 4.69) is 15.2 Å². The van der Waals surface area contributed by atoms with Crippen molar-refractivity contribution in [1.29, 1.82) is 0 Å². The van der Waals surface area contributed by atoms with Crippen LogP contribution in [-0.2, 0) is 15.0 Å². The van der Waals surface area contributed by atoms with E-state index in [-0.39, 0.29) is 28.4 Å². The minimum absolute atomic E-state index is 0.0986. The van der Waals surface area contributed by atoms with E-state index in [1.165, 1.54) is 40.1 Å². The molecule has 2 N–H and O–H groups in total. The number of anilines is 2. The minimum Gasteiger partial charge on any atom is -0.478 e. The highest BCUT2D eigenvalue weighted by molar-refractivity contribution is 7.14. The van der Waals surface area contributed by atoms with Gasteiger partial charge in [-0.05, 0) is 51.7 Å². The first kappa shape index (κ1) is 31.8. The second kappa shape index (κ2) is 13.5.